The molecule has 1 fully saturated rings. The second-order valence-corrected chi connectivity index (χ2v) is 7.13. The van der Waals surface area contributed by atoms with Crippen molar-refractivity contribution in [1.29, 1.82) is 0 Å². The highest BCUT2D eigenvalue weighted by Gasteiger charge is 2.24. The van der Waals surface area contributed by atoms with Crippen molar-refractivity contribution in [2.24, 2.45) is 7.05 Å². The Bertz CT molecular complexity index is 772. The van der Waals surface area contributed by atoms with E-state index in [0.717, 1.165) is 55.3 Å². The van der Waals surface area contributed by atoms with E-state index >= 15 is 0 Å². The van der Waals surface area contributed by atoms with Gasteiger partial charge < -0.3 is 9.55 Å². The standard InChI is InChI=1S/C18H25N5O/c1-22-10-8-19-16(22)12-23-9-7-15-14(11-23)18(24)21-17(20-15)13-5-3-2-4-6-13/h8,10,13H,2-7,9,11-12H2,1H3,(H,20,21,24). The fourth-order valence-electron chi connectivity index (χ4n) is 3.95. The van der Waals surface area contributed by atoms with Crippen molar-refractivity contribution in [1.82, 2.24) is 24.4 Å². The minimum absolute atomic E-state index is 0.0603. The number of H-pyrrole nitrogens is 1. The lowest BCUT2D eigenvalue weighted by atomic mass is 9.88. The monoisotopic (exact) mass is 327 g/mol. The molecule has 0 unspecified atom stereocenters. The molecule has 2 aromatic rings. The molecule has 1 N–H and O–H groups in total. The van der Waals surface area contributed by atoms with Crippen LogP contribution in [0.5, 0.6) is 0 Å². The Hall–Kier alpha value is -1.95. The van der Waals surface area contributed by atoms with Crippen molar-refractivity contribution in [3.05, 3.63) is 45.7 Å². The molecule has 3 heterocycles. The molecule has 0 saturated heterocycles. The fourth-order valence-corrected chi connectivity index (χ4v) is 3.95. The molecule has 6 nitrogen and oxygen atoms in total. The summed E-state index contributed by atoms with van der Waals surface area (Å²) in [6, 6.07) is 0. The number of imidazole rings is 1. The first-order chi connectivity index (χ1) is 11.7. The summed E-state index contributed by atoms with van der Waals surface area (Å²) < 4.78 is 2.03. The lowest BCUT2D eigenvalue weighted by Crippen LogP contribution is -2.36. The minimum atomic E-state index is 0.0603. The molecule has 0 amide bonds. The van der Waals surface area contributed by atoms with Crippen LogP contribution < -0.4 is 5.56 Å². The van der Waals surface area contributed by atoms with Crippen LogP contribution in [0.15, 0.2) is 17.2 Å². The van der Waals surface area contributed by atoms with Gasteiger partial charge in [-0.3, -0.25) is 9.69 Å². The average Bonchev–Trinajstić information content (AvgIpc) is 3.01. The van der Waals surface area contributed by atoms with Crippen molar-refractivity contribution in [2.45, 2.75) is 57.5 Å². The number of fused-ring (bicyclic) bond motifs is 1. The van der Waals surface area contributed by atoms with Gasteiger partial charge in [-0.15, -0.1) is 0 Å². The zero-order chi connectivity index (χ0) is 16.5. The van der Waals surface area contributed by atoms with Gasteiger partial charge in [-0.05, 0) is 12.8 Å². The van der Waals surface area contributed by atoms with E-state index < -0.39 is 0 Å². The van der Waals surface area contributed by atoms with E-state index in [4.69, 9.17) is 4.98 Å². The van der Waals surface area contributed by atoms with Crippen LogP contribution in [-0.2, 0) is 26.6 Å². The van der Waals surface area contributed by atoms with Crippen molar-refractivity contribution in [2.75, 3.05) is 6.54 Å². The van der Waals surface area contributed by atoms with Crippen LogP contribution >= 0.6 is 0 Å². The molecule has 2 aliphatic rings. The minimum Gasteiger partial charge on any atom is -0.337 e. The van der Waals surface area contributed by atoms with E-state index in [2.05, 4.69) is 14.9 Å². The molecule has 24 heavy (non-hydrogen) atoms. The Morgan fingerprint density at radius 3 is 2.88 bits per heavy atom. The zero-order valence-electron chi connectivity index (χ0n) is 14.3. The van der Waals surface area contributed by atoms with Crippen molar-refractivity contribution >= 4 is 0 Å². The number of aromatic nitrogens is 4. The van der Waals surface area contributed by atoms with Crippen molar-refractivity contribution in [3.8, 4) is 0 Å². The number of nitrogens with one attached hydrogen (secondary N) is 1. The second kappa shape index (κ2) is 6.51. The lowest BCUT2D eigenvalue weighted by Gasteiger charge is -2.28. The third kappa shape index (κ3) is 3.02. The van der Waals surface area contributed by atoms with Crippen LogP contribution in [0.2, 0.25) is 0 Å². The van der Waals surface area contributed by atoms with Gasteiger partial charge in [0.05, 0.1) is 17.8 Å². The van der Waals surface area contributed by atoms with E-state index in [1.807, 2.05) is 24.0 Å². The summed E-state index contributed by atoms with van der Waals surface area (Å²) in [6.07, 6.45) is 10.8. The second-order valence-electron chi connectivity index (χ2n) is 7.13. The van der Waals surface area contributed by atoms with Crippen LogP contribution in [0.1, 0.15) is 60.9 Å². The average molecular weight is 327 g/mol. The largest absolute Gasteiger partial charge is 0.337 e. The molecule has 4 rings (SSSR count). The molecule has 1 aliphatic carbocycles. The maximum Gasteiger partial charge on any atom is 0.255 e. The SMILES string of the molecule is Cn1ccnc1CN1CCc2nc(C3CCCCC3)[nH]c(=O)c2C1. The number of nitrogens with zero attached hydrogens (tertiary/aromatic N) is 4. The molecule has 0 aromatic carbocycles. The molecule has 0 radical (unpaired) electrons. The van der Waals surface area contributed by atoms with Gasteiger partial charge in [0.2, 0.25) is 0 Å². The van der Waals surface area contributed by atoms with Gasteiger partial charge in [0, 0.05) is 44.9 Å². The molecular weight excluding hydrogens is 302 g/mol. The van der Waals surface area contributed by atoms with E-state index in [1.165, 1.54) is 19.3 Å². The quantitative estimate of drug-likeness (QED) is 0.937. The number of hydrogen-bond donors (Lipinski definition) is 1. The fraction of sp³-hybridized carbons (Fsp3) is 0.611. The van der Waals surface area contributed by atoms with Gasteiger partial charge in [-0.2, -0.15) is 0 Å². The number of aryl methyl sites for hydroxylation is 1. The number of rotatable bonds is 3. The van der Waals surface area contributed by atoms with Crippen LogP contribution in [0.3, 0.4) is 0 Å². The van der Waals surface area contributed by atoms with Crippen molar-refractivity contribution in [3.63, 3.8) is 0 Å². The Balaban J connectivity index is 1.53. The van der Waals surface area contributed by atoms with Gasteiger partial charge in [0.1, 0.15) is 11.6 Å². The van der Waals surface area contributed by atoms with Crippen LogP contribution in [0.4, 0.5) is 0 Å². The van der Waals surface area contributed by atoms with Gasteiger partial charge in [0.15, 0.2) is 0 Å². The lowest BCUT2D eigenvalue weighted by molar-refractivity contribution is 0.233. The highest BCUT2D eigenvalue weighted by molar-refractivity contribution is 5.22. The summed E-state index contributed by atoms with van der Waals surface area (Å²) in [5.74, 6) is 2.40. The van der Waals surface area contributed by atoms with Gasteiger partial charge in [-0.25, -0.2) is 9.97 Å². The number of aromatic amines is 1. The first kappa shape index (κ1) is 15.6. The van der Waals surface area contributed by atoms with Gasteiger partial charge >= 0.3 is 0 Å². The third-order valence-corrected chi connectivity index (χ3v) is 5.44. The van der Waals surface area contributed by atoms with E-state index in [0.29, 0.717) is 12.5 Å². The van der Waals surface area contributed by atoms with E-state index in [1.54, 1.807) is 0 Å². The normalized spacial score (nSPS) is 19.4. The van der Waals surface area contributed by atoms with E-state index in [-0.39, 0.29) is 5.56 Å². The predicted molar refractivity (Wildman–Crippen MR) is 91.7 cm³/mol. The first-order valence-corrected chi connectivity index (χ1v) is 9.01. The van der Waals surface area contributed by atoms with Gasteiger partial charge in [-0.1, -0.05) is 19.3 Å². The highest BCUT2D eigenvalue weighted by atomic mass is 16.1. The molecule has 2 aromatic heterocycles. The summed E-state index contributed by atoms with van der Waals surface area (Å²) in [5.41, 5.74) is 1.91. The summed E-state index contributed by atoms with van der Waals surface area (Å²) in [5, 5.41) is 0. The number of hydrogen-bond acceptors (Lipinski definition) is 4. The Labute approximate surface area is 141 Å². The molecule has 0 bridgehead atoms. The topological polar surface area (TPSA) is 66.8 Å². The molecule has 1 aliphatic heterocycles. The predicted octanol–water partition coefficient (Wildman–Crippen LogP) is 2.11. The maximum absolute atomic E-state index is 12.6. The van der Waals surface area contributed by atoms with Crippen LogP contribution in [-0.4, -0.2) is 31.0 Å². The first-order valence-electron chi connectivity index (χ1n) is 9.01. The Kier molecular flexibility index (Phi) is 4.22. The van der Waals surface area contributed by atoms with Crippen LogP contribution in [0, 0.1) is 0 Å². The molecular formula is C18H25N5O. The van der Waals surface area contributed by atoms with Gasteiger partial charge in [0.25, 0.3) is 5.56 Å². The highest BCUT2D eigenvalue weighted by Crippen LogP contribution is 2.30. The molecule has 1 saturated carbocycles. The summed E-state index contributed by atoms with van der Waals surface area (Å²) >= 11 is 0. The molecule has 6 heteroatoms. The maximum atomic E-state index is 12.6. The zero-order valence-corrected chi connectivity index (χ0v) is 14.3. The molecule has 0 spiro atoms. The molecule has 128 valence electrons. The summed E-state index contributed by atoms with van der Waals surface area (Å²) in [7, 11) is 2.00. The third-order valence-electron chi connectivity index (χ3n) is 5.44. The summed E-state index contributed by atoms with van der Waals surface area (Å²) in [4.78, 5) is 27.2. The van der Waals surface area contributed by atoms with Crippen molar-refractivity contribution < 1.29 is 0 Å². The molecule has 0 atom stereocenters. The van der Waals surface area contributed by atoms with Crippen LogP contribution in [0.25, 0.3) is 0 Å². The Morgan fingerprint density at radius 1 is 1.29 bits per heavy atom. The summed E-state index contributed by atoms with van der Waals surface area (Å²) in [6.45, 7) is 2.36. The smallest absolute Gasteiger partial charge is 0.255 e. The Morgan fingerprint density at radius 2 is 2.12 bits per heavy atom. The van der Waals surface area contributed by atoms with E-state index in [9.17, 15) is 4.79 Å².